The second-order valence-corrected chi connectivity index (χ2v) is 7.23. The lowest BCUT2D eigenvalue weighted by atomic mass is 9.70. The van der Waals surface area contributed by atoms with Gasteiger partial charge >= 0.3 is 0 Å². The summed E-state index contributed by atoms with van der Waals surface area (Å²) in [6.07, 6.45) is 5.31. The van der Waals surface area contributed by atoms with E-state index in [2.05, 4.69) is 39.9 Å². The third-order valence-electron chi connectivity index (χ3n) is 4.14. The van der Waals surface area contributed by atoms with Gasteiger partial charge in [-0.05, 0) is 78.7 Å². The lowest BCUT2D eigenvalue weighted by Crippen LogP contribution is -2.44. The molecule has 0 bridgehead atoms. The molecule has 102 valence electrons. The third-order valence-corrected chi connectivity index (χ3v) is 4.14. The van der Waals surface area contributed by atoms with Crippen molar-refractivity contribution in [1.29, 1.82) is 0 Å². The van der Waals surface area contributed by atoms with Crippen LogP contribution in [0.25, 0.3) is 0 Å². The molecule has 2 nitrogen and oxygen atoms in total. The summed E-state index contributed by atoms with van der Waals surface area (Å²) in [5.74, 6) is 1.81. The van der Waals surface area contributed by atoms with Crippen LogP contribution in [0.2, 0.25) is 0 Å². The Morgan fingerprint density at radius 2 is 1.65 bits per heavy atom. The van der Waals surface area contributed by atoms with Crippen molar-refractivity contribution in [3.05, 3.63) is 0 Å². The highest BCUT2D eigenvalue weighted by Crippen LogP contribution is 2.38. The van der Waals surface area contributed by atoms with Gasteiger partial charge in [0.25, 0.3) is 0 Å². The second kappa shape index (κ2) is 5.71. The first-order chi connectivity index (χ1) is 7.73. The Morgan fingerprint density at radius 1 is 1.06 bits per heavy atom. The van der Waals surface area contributed by atoms with E-state index in [1.807, 2.05) is 7.11 Å². The van der Waals surface area contributed by atoms with Crippen LogP contribution < -0.4 is 5.32 Å². The number of hydrogen-bond donors (Lipinski definition) is 1. The Kier molecular flexibility index (Phi) is 5.03. The van der Waals surface area contributed by atoms with Crippen LogP contribution in [-0.4, -0.2) is 24.8 Å². The van der Waals surface area contributed by atoms with E-state index in [1.54, 1.807) is 0 Å². The van der Waals surface area contributed by atoms with Gasteiger partial charge in [-0.2, -0.15) is 0 Å². The van der Waals surface area contributed by atoms with Crippen LogP contribution in [0.15, 0.2) is 0 Å². The SMILES string of the molecule is COC(C)(C)CCC1CCC1CNC(C)(C)C. The predicted octanol–water partition coefficient (Wildman–Crippen LogP) is 3.61. The quantitative estimate of drug-likeness (QED) is 0.767. The molecule has 0 spiro atoms. The van der Waals surface area contributed by atoms with Crippen LogP contribution in [0, 0.1) is 11.8 Å². The van der Waals surface area contributed by atoms with Crippen molar-refractivity contribution in [2.75, 3.05) is 13.7 Å². The molecule has 0 aromatic heterocycles. The van der Waals surface area contributed by atoms with Crippen molar-refractivity contribution >= 4 is 0 Å². The van der Waals surface area contributed by atoms with Gasteiger partial charge in [0.05, 0.1) is 5.60 Å². The molecule has 2 heteroatoms. The van der Waals surface area contributed by atoms with Gasteiger partial charge in [0, 0.05) is 12.6 Å². The predicted molar refractivity (Wildman–Crippen MR) is 74.3 cm³/mol. The van der Waals surface area contributed by atoms with E-state index in [4.69, 9.17) is 4.74 Å². The highest BCUT2D eigenvalue weighted by Gasteiger charge is 2.32. The van der Waals surface area contributed by atoms with E-state index >= 15 is 0 Å². The maximum Gasteiger partial charge on any atom is 0.0622 e. The average molecular weight is 241 g/mol. The van der Waals surface area contributed by atoms with Crippen LogP contribution >= 0.6 is 0 Å². The molecule has 1 fully saturated rings. The summed E-state index contributed by atoms with van der Waals surface area (Å²) >= 11 is 0. The Balaban J connectivity index is 2.23. The Bertz CT molecular complexity index is 230. The Hall–Kier alpha value is -0.0800. The van der Waals surface area contributed by atoms with Crippen LogP contribution in [0.4, 0.5) is 0 Å². The molecule has 0 amide bonds. The standard InChI is InChI=1S/C15H31NO/c1-14(2,3)16-11-13-8-7-12(13)9-10-15(4,5)17-6/h12-13,16H,7-11H2,1-6H3. The minimum absolute atomic E-state index is 0.0532. The van der Waals surface area contributed by atoms with Crippen LogP contribution in [0.3, 0.4) is 0 Å². The second-order valence-electron chi connectivity index (χ2n) is 7.23. The first-order valence-corrected chi connectivity index (χ1v) is 7.04. The summed E-state index contributed by atoms with van der Waals surface area (Å²) in [5.41, 5.74) is 0.309. The molecule has 2 unspecified atom stereocenters. The van der Waals surface area contributed by atoms with Gasteiger partial charge < -0.3 is 10.1 Å². The zero-order valence-electron chi connectivity index (χ0n) is 12.6. The Morgan fingerprint density at radius 3 is 2.06 bits per heavy atom. The molecular weight excluding hydrogens is 210 g/mol. The summed E-state index contributed by atoms with van der Waals surface area (Å²) in [6, 6.07) is 0. The lowest BCUT2D eigenvalue weighted by molar-refractivity contribution is 0.00171. The molecule has 0 aromatic rings. The topological polar surface area (TPSA) is 21.3 Å². The van der Waals surface area contributed by atoms with Gasteiger partial charge in [-0.25, -0.2) is 0 Å². The minimum Gasteiger partial charge on any atom is -0.379 e. The van der Waals surface area contributed by atoms with Crippen LogP contribution in [-0.2, 0) is 4.74 Å². The van der Waals surface area contributed by atoms with Gasteiger partial charge in [-0.1, -0.05) is 0 Å². The molecule has 17 heavy (non-hydrogen) atoms. The van der Waals surface area contributed by atoms with Crippen molar-refractivity contribution in [1.82, 2.24) is 5.32 Å². The first kappa shape index (κ1) is 15.0. The molecule has 1 N–H and O–H groups in total. The summed E-state index contributed by atoms with van der Waals surface area (Å²) in [5, 5.41) is 3.63. The molecule has 1 saturated carbocycles. The number of rotatable bonds is 6. The van der Waals surface area contributed by atoms with E-state index in [9.17, 15) is 0 Å². The van der Waals surface area contributed by atoms with E-state index in [-0.39, 0.29) is 11.1 Å². The molecule has 1 rings (SSSR count). The molecule has 0 aromatic carbocycles. The smallest absolute Gasteiger partial charge is 0.0622 e. The summed E-state index contributed by atoms with van der Waals surface area (Å²) in [6.45, 7) is 12.3. The molecule has 0 aliphatic heterocycles. The van der Waals surface area contributed by atoms with E-state index in [0.717, 1.165) is 11.8 Å². The third kappa shape index (κ3) is 5.39. The molecule has 0 heterocycles. The number of ether oxygens (including phenoxy) is 1. The fraction of sp³-hybridized carbons (Fsp3) is 1.00. The Labute approximate surface area is 108 Å². The maximum absolute atomic E-state index is 5.49. The first-order valence-electron chi connectivity index (χ1n) is 7.04. The maximum atomic E-state index is 5.49. The summed E-state index contributed by atoms with van der Waals surface area (Å²) < 4.78 is 5.49. The van der Waals surface area contributed by atoms with Gasteiger partial charge in [0.1, 0.15) is 0 Å². The molecule has 1 aliphatic carbocycles. The van der Waals surface area contributed by atoms with Gasteiger partial charge in [-0.15, -0.1) is 0 Å². The van der Waals surface area contributed by atoms with Crippen molar-refractivity contribution in [3.8, 4) is 0 Å². The molecule has 2 atom stereocenters. The van der Waals surface area contributed by atoms with Crippen molar-refractivity contribution in [2.24, 2.45) is 11.8 Å². The van der Waals surface area contributed by atoms with Gasteiger partial charge in [0.15, 0.2) is 0 Å². The van der Waals surface area contributed by atoms with E-state index in [0.29, 0.717) is 0 Å². The molecule has 1 aliphatic rings. The highest BCUT2D eigenvalue weighted by atomic mass is 16.5. The number of methoxy groups -OCH3 is 1. The molecule has 0 saturated heterocycles. The summed E-state index contributed by atoms with van der Waals surface area (Å²) in [7, 11) is 1.82. The minimum atomic E-state index is 0.0532. The van der Waals surface area contributed by atoms with E-state index < -0.39 is 0 Å². The van der Waals surface area contributed by atoms with Crippen LogP contribution in [0.1, 0.15) is 60.3 Å². The normalized spacial score (nSPS) is 25.8. The van der Waals surface area contributed by atoms with Gasteiger partial charge in [-0.3, -0.25) is 0 Å². The van der Waals surface area contributed by atoms with Crippen molar-refractivity contribution < 1.29 is 4.74 Å². The van der Waals surface area contributed by atoms with Crippen molar-refractivity contribution in [3.63, 3.8) is 0 Å². The van der Waals surface area contributed by atoms with E-state index in [1.165, 1.54) is 32.2 Å². The number of nitrogens with one attached hydrogen (secondary N) is 1. The molecular formula is C15H31NO. The molecule has 0 radical (unpaired) electrons. The zero-order valence-corrected chi connectivity index (χ0v) is 12.6. The average Bonchev–Trinajstić information content (AvgIpc) is 2.14. The van der Waals surface area contributed by atoms with Crippen molar-refractivity contribution in [2.45, 2.75) is 71.4 Å². The largest absolute Gasteiger partial charge is 0.379 e. The summed E-state index contributed by atoms with van der Waals surface area (Å²) in [4.78, 5) is 0. The number of hydrogen-bond acceptors (Lipinski definition) is 2. The monoisotopic (exact) mass is 241 g/mol. The zero-order chi connectivity index (χ0) is 13.1. The van der Waals surface area contributed by atoms with Crippen LogP contribution in [0.5, 0.6) is 0 Å². The fourth-order valence-electron chi connectivity index (χ4n) is 2.36. The fourth-order valence-corrected chi connectivity index (χ4v) is 2.36. The highest BCUT2D eigenvalue weighted by molar-refractivity contribution is 4.86. The lowest BCUT2D eigenvalue weighted by Gasteiger charge is -2.40. The van der Waals surface area contributed by atoms with Gasteiger partial charge in [0.2, 0.25) is 0 Å².